The number of piperidine rings is 1. The molecule has 0 radical (unpaired) electrons. The molecule has 2 bridgehead atoms. The molecule has 2 aliphatic heterocycles. The highest BCUT2D eigenvalue weighted by molar-refractivity contribution is 8.13. The van der Waals surface area contributed by atoms with E-state index in [0.29, 0.717) is 29.9 Å². The average Bonchev–Trinajstić information content (AvgIpc) is 3.48. The van der Waals surface area contributed by atoms with Crippen molar-refractivity contribution in [2.24, 2.45) is 28.6 Å². The summed E-state index contributed by atoms with van der Waals surface area (Å²) in [6.07, 6.45) is 4.52. The lowest BCUT2D eigenvalue weighted by Gasteiger charge is -2.63. The van der Waals surface area contributed by atoms with Gasteiger partial charge in [0.05, 0.1) is 37.9 Å². The zero-order chi connectivity index (χ0) is 42.6. The van der Waals surface area contributed by atoms with Gasteiger partial charge in [-0.1, -0.05) is 57.2 Å². The molecular weight excluding hydrogens is 851 g/mol. The van der Waals surface area contributed by atoms with Crippen LogP contribution in [0.15, 0.2) is 54.1 Å². The van der Waals surface area contributed by atoms with Crippen LogP contribution in [0.25, 0.3) is 0 Å². The summed E-state index contributed by atoms with van der Waals surface area (Å²) in [5, 5.41) is 20.4. The van der Waals surface area contributed by atoms with Crippen molar-refractivity contribution >= 4 is 34.6 Å². The number of hydrogen-bond acceptors (Lipinski definition) is 9. The second-order valence-electron chi connectivity index (χ2n) is 18.5. The number of ketones is 1. The van der Waals surface area contributed by atoms with Gasteiger partial charge < -0.3 is 41.2 Å². The molecule has 6 aliphatic rings. The number of allylic oxidation sites excluding steroid dienone is 4. The Morgan fingerprint density at radius 3 is 2.22 bits per heavy atom. The number of alkyl halides is 3. The monoisotopic (exact) mass is 911 g/mol. The number of fused-ring (bicyclic) bond motifs is 7. The van der Waals surface area contributed by atoms with Crippen LogP contribution in [0.4, 0.5) is 13.2 Å². The molecule has 5 fully saturated rings. The fourth-order valence-corrected chi connectivity index (χ4v) is 13.2. The minimum atomic E-state index is -2.30. The van der Waals surface area contributed by atoms with Crippen LogP contribution in [-0.4, -0.2) is 105 Å². The van der Waals surface area contributed by atoms with Crippen LogP contribution < -0.4 is 17.0 Å². The van der Waals surface area contributed by atoms with Crippen LogP contribution in [0.5, 0.6) is 0 Å². The van der Waals surface area contributed by atoms with E-state index in [1.54, 1.807) is 20.8 Å². The summed E-state index contributed by atoms with van der Waals surface area (Å²) in [4.78, 5) is 50.4. The van der Waals surface area contributed by atoms with Crippen LogP contribution in [-0.2, 0) is 28.7 Å². The van der Waals surface area contributed by atoms with Gasteiger partial charge in [-0.3, -0.25) is 19.2 Å². The molecule has 4 unspecified atom stereocenters. The smallest absolute Gasteiger partial charge is 0.316 e. The van der Waals surface area contributed by atoms with Crippen LogP contribution in [0.2, 0.25) is 0 Å². The van der Waals surface area contributed by atoms with Gasteiger partial charge >= 0.3 is 11.9 Å². The van der Waals surface area contributed by atoms with Gasteiger partial charge in [0.2, 0.25) is 5.12 Å². The minimum Gasteiger partial charge on any atom is -1.00 e. The van der Waals surface area contributed by atoms with E-state index in [4.69, 9.17) is 9.47 Å². The second kappa shape index (κ2) is 17.7. The number of esters is 2. The highest BCUT2D eigenvalue weighted by Gasteiger charge is 2.78. The Kier molecular flexibility index (Phi) is 14.3. The van der Waals surface area contributed by atoms with Gasteiger partial charge in [-0.15, -0.1) is 0 Å². The van der Waals surface area contributed by atoms with Gasteiger partial charge in [0.25, 0.3) is 0 Å². The Bertz CT molecular complexity index is 1800. The summed E-state index contributed by atoms with van der Waals surface area (Å²) in [5.41, 5.74) is -6.01. The van der Waals surface area contributed by atoms with E-state index in [0.717, 1.165) is 29.0 Å². The third-order valence-corrected chi connectivity index (χ3v) is 16.4. The van der Waals surface area contributed by atoms with Crippen molar-refractivity contribution in [1.82, 2.24) is 0 Å². The highest BCUT2D eigenvalue weighted by atomic mass is 79.9. The molecule has 2 saturated heterocycles. The first-order valence-corrected chi connectivity index (χ1v) is 21.9. The Balaban J connectivity index is 0.000000233. The minimum absolute atomic E-state index is 0. The number of carbonyl (C=O) groups is 4. The van der Waals surface area contributed by atoms with Gasteiger partial charge in [-0.25, -0.2) is 13.2 Å². The molecule has 9 nitrogen and oxygen atoms in total. The number of nitrogens with zero attached hydrogens (tertiary/aromatic N) is 1. The molecule has 0 amide bonds. The predicted molar refractivity (Wildman–Crippen MR) is 214 cm³/mol. The van der Waals surface area contributed by atoms with E-state index < -0.39 is 80.9 Å². The third kappa shape index (κ3) is 7.50. The summed E-state index contributed by atoms with van der Waals surface area (Å²) < 4.78 is 58.8. The van der Waals surface area contributed by atoms with E-state index in [-0.39, 0.29) is 66.9 Å². The fourth-order valence-electron chi connectivity index (χ4n) is 12.4. The summed E-state index contributed by atoms with van der Waals surface area (Å²) in [7, 11) is 2.37. The first-order chi connectivity index (χ1) is 27.3. The topological polar surface area (TPSA) is 127 Å². The summed E-state index contributed by atoms with van der Waals surface area (Å²) >= 11 is 0.396. The lowest BCUT2D eigenvalue weighted by Crippen LogP contribution is -3.00. The Labute approximate surface area is 361 Å². The van der Waals surface area contributed by atoms with Crippen molar-refractivity contribution in [2.75, 3.05) is 19.7 Å². The normalized spacial score (nSPS) is 40.9. The van der Waals surface area contributed by atoms with Crippen LogP contribution in [0.1, 0.15) is 104 Å². The quantitative estimate of drug-likeness (QED) is 0.276. The number of benzene rings is 1. The molecule has 3 saturated carbocycles. The van der Waals surface area contributed by atoms with E-state index in [1.165, 1.54) is 31.9 Å². The van der Waals surface area contributed by atoms with E-state index in [2.05, 4.69) is 20.9 Å². The zero-order valence-corrected chi connectivity index (χ0v) is 37.6. The molecule has 59 heavy (non-hydrogen) atoms. The molecule has 2 N–H and O–H groups in total. The number of carbonyl (C=O) groups excluding carboxylic acids is 4. The van der Waals surface area contributed by atoms with Crippen LogP contribution in [0, 0.1) is 28.6 Å². The number of aliphatic hydroxyl groups excluding tert-OH is 2. The molecule has 14 heteroatoms. The van der Waals surface area contributed by atoms with E-state index in [1.807, 2.05) is 30.3 Å². The van der Waals surface area contributed by atoms with Gasteiger partial charge in [0.15, 0.2) is 17.1 Å². The number of aliphatic hydroxyl groups is 2. The SMILES string of the molecule is CC(C)[N+]1(C)[C@@H]2CC[C@H]1CC(OC(=O)C(CO)c1ccccc1)C2.CCC(=O)O[C@]1(C(=O)SCF)[C@H](C)C[C@H]2C3C[C@H](F)C4=CC(=O)C=C[C@]4(C)[C@@]3(F)[C@@H](O)C[C@@]21C.[Br-]. The lowest BCUT2D eigenvalue weighted by molar-refractivity contribution is -0.968. The van der Waals surface area contributed by atoms with Crippen LogP contribution >= 0.6 is 11.8 Å². The summed E-state index contributed by atoms with van der Waals surface area (Å²) in [5.74, 6) is -4.15. The van der Waals surface area contributed by atoms with E-state index >= 15 is 8.78 Å². The van der Waals surface area contributed by atoms with Crippen molar-refractivity contribution in [3.8, 4) is 0 Å². The number of halogens is 4. The maximum absolute atomic E-state index is 17.2. The number of thioether (sulfide) groups is 1. The lowest BCUT2D eigenvalue weighted by atomic mass is 9.44. The van der Waals surface area contributed by atoms with Crippen LogP contribution in [0.3, 0.4) is 0 Å². The van der Waals surface area contributed by atoms with E-state index in [9.17, 15) is 33.8 Å². The molecule has 4 aliphatic carbocycles. The molecule has 0 spiro atoms. The molecule has 14 atom stereocenters. The molecule has 328 valence electrons. The van der Waals surface area contributed by atoms with Crippen molar-refractivity contribution in [1.29, 1.82) is 0 Å². The molecular formula is C45H61BrF3NO8S. The number of quaternary nitrogens is 1. The summed E-state index contributed by atoms with van der Waals surface area (Å²) in [6, 6.07) is 10.2. The maximum Gasteiger partial charge on any atom is 0.316 e. The highest BCUT2D eigenvalue weighted by Crippen LogP contribution is 2.72. The second-order valence-corrected chi connectivity index (χ2v) is 19.4. The van der Waals surface area contributed by atoms with Crippen molar-refractivity contribution < 1.29 is 73.5 Å². The predicted octanol–water partition coefficient (Wildman–Crippen LogP) is 4.29. The first kappa shape index (κ1) is 47.5. The Hall–Kier alpha value is -2.52. The van der Waals surface area contributed by atoms with Gasteiger partial charge in [0, 0.05) is 54.8 Å². The molecule has 7 rings (SSSR count). The maximum atomic E-state index is 17.2. The number of ether oxygens (including phenoxy) is 2. The van der Waals surface area contributed by atoms with Gasteiger partial charge in [0.1, 0.15) is 24.2 Å². The van der Waals surface area contributed by atoms with Crippen molar-refractivity contribution in [3.63, 3.8) is 0 Å². The fraction of sp³-hybridized carbons (Fsp3) is 0.689. The standard InChI is InChI=1S/C25H31F3O5S.C20H30NO3.BrH/c1-5-20(31)33-25(21(32)34-12-26)13(2)8-15-16-10-18(27)17-9-14(29)6-7-22(17,3)24(16,28)19(30)11-23(15,25)4;1-14(2)21(3)16-9-10-17(21)12-18(11-16)24-20(23)19(13-22)15-7-5-4-6-8-15;/h6-7,9,13,15-16,18-19,30H,5,8,10-12H2,1-4H3;4-8,14,16-19,22H,9-13H2,1-3H3;1H/q;+1;/p-1/t13-,15+,16?,18+,19+,22+,23+,24+,25+;16-,17+,18?,19?,21?;/m1../s1. The third-order valence-electron chi connectivity index (χ3n) is 15.8. The van der Waals surface area contributed by atoms with Gasteiger partial charge in [-0.2, -0.15) is 0 Å². The zero-order valence-electron chi connectivity index (χ0n) is 35.2. The molecule has 1 aromatic carbocycles. The largest absolute Gasteiger partial charge is 1.00 e. The summed E-state index contributed by atoms with van der Waals surface area (Å²) in [6.45, 7) is 10.8. The van der Waals surface area contributed by atoms with Crippen molar-refractivity contribution in [3.05, 3.63) is 59.7 Å². The number of rotatable bonds is 9. The first-order valence-electron chi connectivity index (χ1n) is 20.9. The molecule has 1 aromatic rings. The Morgan fingerprint density at radius 1 is 1.03 bits per heavy atom. The molecule has 2 heterocycles. The van der Waals surface area contributed by atoms with Gasteiger partial charge in [-0.05, 0) is 81.0 Å². The Morgan fingerprint density at radius 2 is 1.66 bits per heavy atom. The average molecular weight is 913 g/mol. The molecule has 0 aromatic heterocycles. The number of hydrogen-bond donors (Lipinski definition) is 2. The van der Waals surface area contributed by atoms with Crippen molar-refractivity contribution in [2.45, 2.75) is 147 Å².